The van der Waals surface area contributed by atoms with Gasteiger partial charge in [-0.3, -0.25) is 4.79 Å². The van der Waals surface area contributed by atoms with Crippen LogP contribution in [0.2, 0.25) is 0 Å². The van der Waals surface area contributed by atoms with E-state index < -0.39 is 17.7 Å². The SMILES string of the molecule is CC(NC(=O)Cc1ccc(Br)cc1)c1ccc(F)cc1F. The lowest BCUT2D eigenvalue weighted by Gasteiger charge is -2.15. The molecule has 2 nitrogen and oxygen atoms in total. The number of hydrogen-bond acceptors (Lipinski definition) is 1. The van der Waals surface area contributed by atoms with E-state index in [-0.39, 0.29) is 17.9 Å². The van der Waals surface area contributed by atoms with Crippen molar-refractivity contribution in [2.75, 3.05) is 0 Å². The highest BCUT2D eigenvalue weighted by molar-refractivity contribution is 9.10. The van der Waals surface area contributed by atoms with Crippen LogP contribution in [0.25, 0.3) is 0 Å². The Hall–Kier alpha value is -1.75. The van der Waals surface area contributed by atoms with Crippen molar-refractivity contribution in [2.24, 2.45) is 0 Å². The van der Waals surface area contributed by atoms with E-state index in [1.165, 1.54) is 12.1 Å². The molecule has 0 aliphatic rings. The van der Waals surface area contributed by atoms with Gasteiger partial charge >= 0.3 is 0 Å². The molecule has 1 N–H and O–H groups in total. The van der Waals surface area contributed by atoms with Crippen LogP contribution in [0.3, 0.4) is 0 Å². The van der Waals surface area contributed by atoms with Gasteiger partial charge in [-0.2, -0.15) is 0 Å². The summed E-state index contributed by atoms with van der Waals surface area (Å²) in [6.07, 6.45) is 0.209. The van der Waals surface area contributed by atoms with Gasteiger partial charge in [0.25, 0.3) is 0 Å². The molecule has 0 aliphatic carbocycles. The Morgan fingerprint density at radius 2 is 1.86 bits per heavy atom. The van der Waals surface area contributed by atoms with E-state index >= 15 is 0 Å². The lowest BCUT2D eigenvalue weighted by atomic mass is 10.1. The Bertz CT molecular complexity index is 643. The van der Waals surface area contributed by atoms with Crippen LogP contribution in [0.4, 0.5) is 8.78 Å². The highest BCUT2D eigenvalue weighted by atomic mass is 79.9. The topological polar surface area (TPSA) is 29.1 Å². The third-order valence-electron chi connectivity index (χ3n) is 3.08. The molecule has 0 aromatic heterocycles. The van der Waals surface area contributed by atoms with Crippen LogP contribution in [0.5, 0.6) is 0 Å². The minimum absolute atomic E-state index is 0.209. The molecular formula is C16H14BrF2NO. The van der Waals surface area contributed by atoms with Gasteiger partial charge in [-0.05, 0) is 30.7 Å². The Labute approximate surface area is 130 Å². The van der Waals surface area contributed by atoms with Gasteiger partial charge in [-0.1, -0.05) is 34.1 Å². The standard InChI is InChI=1S/C16H14BrF2NO/c1-10(14-7-6-13(18)9-15(14)19)20-16(21)8-11-2-4-12(17)5-3-11/h2-7,9-10H,8H2,1H3,(H,20,21). The van der Waals surface area contributed by atoms with E-state index in [1.54, 1.807) is 6.92 Å². The van der Waals surface area contributed by atoms with E-state index in [9.17, 15) is 13.6 Å². The Balaban J connectivity index is 2.00. The number of carbonyl (C=O) groups excluding carboxylic acids is 1. The van der Waals surface area contributed by atoms with Gasteiger partial charge < -0.3 is 5.32 Å². The van der Waals surface area contributed by atoms with Crippen molar-refractivity contribution in [1.29, 1.82) is 0 Å². The van der Waals surface area contributed by atoms with E-state index in [4.69, 9.17) is 0 Å². The molecule has 1 unspecified atom stereocenters. The molecule has 110 valence electrons. The zero-order chi connectivity index (χ0) is 15.4. The molecule has 0 bridgehead atoms. The first-order valence-corrected chi connectivity index (χ1v) is 7.24. The molecule has 0 aliphatic heterocycles. The summed E-state index contributed by atoms with van der Waals surface area (Å²) in [5.74, 6) is -1.51. The second kappa shape index (κ2) is 6.80. The van der Waals surface area contributed by atoms with Gasteiger partial charge in [0, 0.05) is 16.1 Å². The summed E-state index contributed by atoms with van der Waals surface area (Å²) in [6.45, 7) is 1.66. The van der Waals surface area contributed by atoms with Crippen LogP contribution < -0.4 is 5.32 Å². The van der Waals surface area contributed by atoms with Gasteiger partial charge in [-0.25, -0.2) is 8.78 Å². The molecule has 0 radical (unpaired) electrons. The van der Waals surface area contributed by atoms with Crippen molar-refractivity contribution >= 4 is 21.8 Å². The fraction of sp³-hybridized carbons (Fsp3) is 0.188. The van der Waals surface area contributed by atoms with Crippen molar-refractivity contribution < 1.29 is 13.6 Å². The summed E-state index contributed by atoms with van der Waals surface area (Å²) in [4.78, 5) is 11.9. The van der Waals surface area contributed by atoms with Gasteiger partial charge in [0.05, 0.1) is 12.5 Å². The molecule has 2 rings (SSSR count). The molecule has 0 saturated heterocycles. The molecule has 2 aromatic carbocycles. The number of rotatable bonds is 4. The normalized spacial score (nSPS) is 12.0. The predicted octanol–water partition coefficient (Wildman–Crippen LogP) is 4.15. The fourth-order valence-corrected chi connectivity index (χ4v) is 2.27. The Morgan fingerprint density at radius 3 is 2.48 bits per heavy atom. The smallest absolute Gasteiger partial charge is 0.224 e. The third-order valence-corrected chi connectivity index (χ3v) is 3.61. The zero-order valence-electron chi connectivity index (χ0n) is 11.4. The first kappa shape index (κ1) is 15.6. The molecule has 5 heteroatoms. The highest BCUT2D eigenvalue weighted by Crippen LogP contribution is 2.18. The molecular weight excluding hydrogens is 340 g/mol. The van der Waals surface area contributed by atoms with Crippen molar-refractivity contribution in [3.63, 3.8) is 0 Å². The number of hydrogen-bond donors (Lipinski definition) is 1. The number of amides is 1. The monoisotopic (exact) mass is 353 g/mol. The molecule has 0 saturated carbocycles. The van der Waals surface area contributed by atoms with E-state index in [1.807, 2.05) is 24.3 Å². The van der Waals surface area contributed by atoms with E-state index in [2.05, 4.69) is 21.2 Å². The van der Waals surface area contributed by atoms with Crippen molar-refractivity contribution in [2.45, 2.75) is 19.4 Å². The summed E-state index contributed by atoms with van der Waals surface area (Å²) in [5.41, 5.74) is 1.13. The molecule has 0 fully saturated rings. The molecule has 1 amide bonds. The minimum atomic E-state index is -0.661. The first-order valence-electron chi connectivity index (χ1n) is 6.44. The Morgan fingerprint density at radius 1 is 1.19 bits per heavy atom. The maximum Gasteiger partial charge on any atom is 0.224 e. The number of nitrogens with one attached hydrogen (secondary N) is 1. The van der Waals surface area contributed by atoms with Crippen molar-refractivity contribution in [3.05, 3.63) is 69.7 Å². The maximum atomic E-state index is 13.6. The summed E-state index contributed by atoms with van der Waals surface area (Å²) in [5, 5.41) is 2.71. The van der Waals surface area contributed by atoms with E-state index in [0.29, 0.717) is 0 Å². The number of halogens is 3. The average molecular weight is 354 g/mol. The number of carbonyl (C=O) groups is 1. The van der Waals surface area contributed by atoms with Crippen LogP contribution in [-0.4, -0.2) is 5.91 Å². The zero-order valence-corrected chi connectivity index (χ0v) is 13.0. The van der Waals surface area contributed by atoms with Crippen molar-refractivity contribution in [1.82, 2.24) is 5.32 Å². The molecule has 0 heterocycles. The largest absolute Gasteiger partial charge is 0.349 e. The molecule has 0 spiro atoms. The summed E-state index contributed by atoms with van der Waals surface area (Å²) < 4.78 is 27.4. The highest BCUT2D eigenvalue weighted by Gasteiger charge is 2.14. The lowest BCUT2D eigenvalue weighted by Crippen LogP contribution is -2.28. The quantitative estimate of drug-likeness (QED) is 0.878. The third kappa shape index (κ3) is 4.36. The summed E-state index contributed by atoms with van der Waals surface area (Å²) in [6, 6.07) is 10.2. The van der Waals surface area contributed by atoms with Gasteiger partial charge in [0.1, 0.15) is 11.6 Å². The van der Waals surface area contributed by atoms with Crippen LogP contribution in [0.1, 0.15) is 24.1 Å². The second-order valence-electron chi connectivity index (χ2n) is 4.76. The fourth-order valence-electron chi connectivity index (χ4n) is 2.01. The second-order valence-corrected chi connectivity index (χ2v) is 5.67. The minimum Gasteiger partial charge on any atom is -0.349 e. The van der Waals surface area contributed by atoms with Gasteiger partial charge in [-0.15, -0.1) is 0 Å². The van der Waals surface area contributed by atoms with Crippen LogP contribution in [-0.2, 0) is 11.2 Å². The summed E-state index contributed by atoms with van der Waals surface area (Å²) in [7, 11) is 0. The number of benzene rings is 2. The van der Waals surface area contributed by atoms with Gasteiger partial charge in [0.2, 0.25) is 5.91 Å². The summed E-state index contributed by atoms with van der Waals surface area (Å²) >= 11 is 3.32. The molecule has 1 atom stereocenters. The Kier molecular flexibility index (Phi) is 5.07. The van der Waals surface area contributed by atoms with Gasteiger partial charge in [0.15, 0.2) is 0 Å². The first-order chi connectivity index (χ1) is 9.95. The average Bonchev–Trinajstić information content (AvgIpc) is 2.41. The predicted molar refractivity (Wildman–Crippen MR) is 80.8 cm³/mol. The van der Waals surface area contributed by atoms with Crippen LogP contribution in [0, 0.1) is 11.6 Å². The molecule has 2 aromatic rings. The van der Waals surface area contributed by atoms with E-state index in [0.717, 1.165) is 16.1 Å². The maximum absolute atomic E-state index is 13.6. The molecule has 21 heavy (non-hydrogen) atoms. The van der Waals surface area contributed by atoms with Crippen LogP contribution in [0.15, 0.2) is 46.9 Å². The lowest BCUT2D eigenvalue weighted by molar-refractivity contribution is -0.121. The van der Waals surface area contributed by atoms with Crippen molar-refractivity contribution in [3.8, 4) is 0 Å². The van der Waals surface area contributed by atoms with Crippen LogP contribution >= 0.6 is 15.9 Å².